The van der Waals surface area contributed by atoms with Crippen molar-refractivity contribution < 1.29 is 0 Å². The molecule has 0 radical (unpaired) electrons. The summed E-state index contributed by atoms with van der Waals surface area (Å²) in [5.41, 5.74) is 5.57. The summed E-state index contributed by atoms with van der Waals surface area (Å²) in [6.45, 7) is 0. The molecule has 0 aliphatic rings. The number of H-pyrrole nitrogens is 1. The Balaban J connectivity index is 2.07. The van der Waals surface area contributed by atoms with Crippen LogP contribution in [0.4, 0.5) is 5.82 Å². The van der Waals surface area contributed by atoms with Gasteiger partial charge in [-0.25, -0.2) is 5.84 Å². The van der Waals surface area contributed by atoms with E-state index < -0.39 is 0 Å². The Morgan fingerprint density at radius 3 is 2.38 bits per heavy atom. The minimum Gasteiger partial charge on any atom is -0.360 e. The van der Waals surface area contributed by atoms with Gasteiger partial charge in [0.15, 0.2) is 5.82 Å². The van der Waals surface area contributed by atoms with E-state index in [1.54, 1.807) is 0 Å². The van der Waals surface area contributed by atoms with Gasteiger partial charge in [-0.1, -0.05) is 42.5 Å². The fourth-order valence-electron chi connectivity index (χ4n) is 2.68. The molecule has 102 valence electrons. The second kappa shape index (κ2) is 4.57. The van der Waals surface area contributed by atoms with Crippen LogP contribution >= 0.6 is 0 Å². The van der Waals surface area contributed by atoms with Gasteiger partial charge in [0.1, 0.15) is 5.69 Å². The third kappa shape index (κ3) is 1.75. The molecule has 4 N–H and O–H groups in total. The van der Waals surface area contributed by atoms with E-state index in [2.05, 4.69) is 26.7 Å². The van der Waals surface area contributed by atoms with E-state index in [9.17, 15) is 0 Å². The van der Waals surface area contributed by atoms with Crippen LogP contribution in [0.2, 0.25) is 0 Å². The number of nitrogen functional groups attached to an aromatic ring is 1. The Labute approximate surface area is 120 Å². The molecule has 2 aromatic carbocycles. The van der Waals surface area contributed by atoms with Gasteiger partial charge in [0.05, 0.1) is 0 Å². The maximum absolute atomic E-state index is 5.52. The average Bonchev–Trinajstić information content (AvgIpc) is 2.98. The summed E-state index contributed by atoms with van der Waals surface area (Å²) in [7, 11) is 0. The number of para-hydroxylation sites is 1. The van der Waals surface area contributed by atoms with E-state index in [1.165, 1.54) is 0 Å². The highest BCUT2D eigenvalue weighted by Gasteiger charge is 2.13. The molecular formula is C16H13N5. The van der Waals surface area contributed by atoms with E-state index in [-0.39, 0.29) is 0 Å². The maximum Gasteiger partial charge on any atom is 0.170 e. The fourth-order valence-corrected chi connectivity index (χ4v) is 2.68. The maximum atomic E-state index is 5.52. The van der Waals surface area contributed by atoms with Crippen molar-refractivity contribution in [2.45, 2.75) is 0 Å². The van der Waals surface area contributed by atoms with Gasteiger partial charge in [-0.2, -0.15) is 0 Å². The lowest BCUT2D eigenvalue weighted by atomic mass is 10.0. The lowest BCUT2D eigenvalue weighted by Crippen LogP contribution is -2.10. The summed E-state index contributed by atoms with van der Waals surface area (Å²) < 4.78 is 0. The second-order valence-corrected chi connectivity index (χ2v) is 4.84. The molecule has 2 aromatic heterocycles. The molecule has 0 bridgehead atoms. The van der Waals surface area contributed by atoms with E-state index >= 15 is 0 Å². The van der Waals surface area contributed by atoms with Crippen LogP contribution in [-0.2, 0) is 0 Å². The zero-order valence-corrected chi connectivity index (χ0v) is 11.2. The Morgan fingerprint density at radius 2 is 1.57 bits per heavy atom. The average molecular weight is 275 g/mol. The normalized spacial score (nSPS) is 11.1. The zero-order chi connectivity index (χ0) is 14.2. The third-order valence-electron chi connectivity index (χ3n) is 3.67. The van der Waals surface area contributed by atoms with Crippen LogP contribution in [0.1, 0.15) is 0 Å². The first-order chi connectivity index (χ1) is 10.4. The van der Waals surface area contributed by atoms with E-state index in [0.717, 1.165) is 32.9 Å². The van der Waals surface area contributed by atoms with Crippen LogP contribution in [0, 0.1) is 0 Å². The van der Waals surface area contributed by atoms with Gasteiger partial charge in [0.2, 0.25) is 0 Å². The number of hydrazine groups is 1. The number of benzene rings is 2. The van der Waals surface area contributed by atoms with Gasteiger partial charge < -0.3 is 10.4 Å². The lowest BCUT2D eigenvalue weighted by Gasteiger charge is -2.07. The van der Waals surface area contributed by atoms with Crippen molar-refractivity contribution in [1.82, 2.24) is 15.2 Å². The van der Waals surface area contributed by atoms with E-state index in [1.807, 2.05) is 48.7 Å². The van der Waals surface area contributed by atoms with Gasteiger partial charge in [-0.3, -0.25) is 0 Å². The second-order valence-electron chi connectivity index (χ2n) is 4.84. The first kappa shape index (κ1) is 11.9. The highest BCUT2D eigenvalue weighted by molar-refractivity contribution is 6.05. The number of rotatable bonds is 2. The molecule has 0 unspecified atom stereocenters. The molecule has 2 heterocycles. The summed E-state index contributed by atoms with van der Waals surface area (Å²) >= 11 is 0. The molecule has 0 amide bonds. The van der Waals surface area contributed by atoms with Crippen molar-refractivity contribution >= 4 is 27.5 Å². The quantitative estimate of drug-likeness (QED) is 0.388. The molecule has 21 heavy (non-hydrogen) atoms. The van der Waals surface area contributed by atoms with Crippen LogP contribution in [0.5, 0.6) is 0 Å². The van der Waals surface area contributed by atoms with E-state index in [0.29, 0.717) is 5.82 Å². The number of hydrogen-bond donors (Lipinski definition) is 3. The molecule has 0 spiro atoms. The Bertz CT molecular complexity index is 942. The standard InChI is InChI=1S/C16H13N5/c17-19-16-12-7-2-1-6-11(12)15(20-21-16)13-9-18-14-8-4-3-5-10(13)14/h1-9,18H,17H2,(H,19,21). The molecule has 0 aliphatic heterocycles. The van der Waals surface area contributed by atoms with Crippen LogP contribution in [0.3, 0.4) is 0 Å². The van der Waals surface area contributed by atoms with Crippen molar-refractivity contribution in [3.8, 4) is 11.3 Å². The summed E-state index contributed by atoms with van der Waals surface area (Å²) in [5.74, 6) is 6.09. The molecule has 4 aromatic rings. The van der Waals surface area contributed by atoms with Crippen LogP contribution in [0.25, 0.3) is 32.9 Å². The molecule has 0 saturated heterocycles. The summed E-state index contributed by atoms with van der Waals surface area (Å²) in [6.07, 6.45) is 1.97. The number of hydrogen-bond acceptors (Lipinski definition) is 4. The minimum atomic E-state index is 0.578. The molecular weight excluding hydrogens is 262 g/mol. The summed E-state index contributed by atoms with van der Waals surface area (Å²) in [4.78, 5) is 3.27. The number of nitrogens with one attached hydrogen (secondary N) is 2. The number of aromatic amines is 1. The first-order valence-corrected chi connectivity index (χ1v) is 6.67. The number of aromatic nitrogens is 3. The largest absolute Gasteiger partial charge is 0.360 e. The van der Waals surface area contributed by atoms with Crippen molar-refractivity contribution in [2.24, 2.45) is 5.84 Å². The highest BCUT2D eigenvalue weighted by Crippen LogP contribution is 2.33. The fraction of sp³-hybridized carbons (Fsp3) is 0. The van der Waals surface area contributed by atoms with Gasteiger partial charge in [-0.15, -0.1) is 10.2 Å². The predicted octanol–water partition coefficient (Wildman–Crippen LogP) is 3.06. The van der Waals surface area contributed by atoms with Gasteiger partial charge in [-0.05, 0) is 6.07 Å². The number of fused-ring (bicyclic) bond motifs is 2. The highest BCUT2D eigenvalue weighted by atomic mass is 15.3. The SMILES string of the molecule is NNc1nnc(-c2c[nH]c3ccccc23)c2ccccc12. The Morgan fingerprint density at radius 1 is 0.857 bits per heavy atom. The predicted molar refractivity (Wildman–Crippen MR) is 84.6 cm³/mol. The first-order valence-electron chi connectivity index (χ1n) is 6.67. The van der Waals surface area contributed by atoms with Gasteiger partial charge >= 0.3 is 0 Å². The van der Waals surface area contributed by atoms with Crippen LogP contribution in [-0.4, -0.2) is 15.2 Å². The van der Waals surface area contributed by atoms with Crippen molar-refractivity contribution in [2.75, 3.05) is 5.43 Å². The third-order valence-corrected chi connectivity index (χ3v) is 3.67. The molecule has 5 nitrogen and oxygen atoms in total. The molecule has 4 rings (SSSR count). The Hall–Kier alpha value is -2.92. The zero-order valence-electron chi connectivity index (χ0n) is 11.2. The molecule has 0 atom stereocenters. The number of nitrogens with two attached hydrogens (primary N) is 1. The smallest absolute Gasteiger partial charge is 0.170 e. The van der Waals surface area contributed by atoms with Crippen molar-refractivity contribution in [3.63, 3.8) is 0 Å². The van der Waals surface area contributed by atoms with Crippen LogP contribution in [0.15, 0.2) is 54.7 Å². The van der Waals surface area contributed by atoms with Gasteiger partial charge in [0, 0.05) is 33.4 Å². The van der Waals surface area contributed by atoms with E-state index in [4.69, 9.17) is 5.84 Å². The summed E-state index contributed by atoms with van der Waals surface area (Å²) in [6, 6.07) is 16.1. The summed E-state index contributed by atoms with van der Waals surface area (Å²) in [5, 5.41) is 11.6. The molecule has 0 fully saturated rings. The topological polar surface area (TPSA) is 79.6 Å². The van der Waals surface area contributed by atoms with Crippen molar-refractivity contribution in [1.29, 1.82) is 0 Å². The lowest BCUT2D eigenvalue weighted by molar-refractivity contribution is 1.05. The Kier molecular flexibility index (Phi) is 2.58. The minimum absolute atomic E-state index is 0.578. The molecule has 5 heteroatoms. The molecule has 0 saturated carbocycles. The number of nitrogens with zero attached hydrogens (tertiary/aromatic N) is 2. The van der Waals surface area contributed by atoms with Gasteiger partial charge in [0.25, 0.3) is 0 Å². The van der Waals surface area contributed by atoms with Crippen molar-refractivity contribution in [3.05, 3.63) is 54.7 Å². The monoisotopic (exact) mass is 275 g/mol. The van der Waals surface area contributed by atoms with Crippen LogP contribution < -0.4 is 11.3 Å². The number of anilines is 1. The molecule has 0 aliphatic carbocycles.